The third-order valence-electron chi connectivity index (χ3n) is 1.55. The Labute approximate surface area is 85.1 Å². The van der Waals surface area contributed by atoms with Gasteiger partial charge in [0.2, 0.25) is 0 Å². The fraction of sp³-hybridized carbons (Fsp3) is 0.222. The fourth-order valence-corrected chi connectivity index (χ4v) is 1.12. The maximum atomic E-state index is 11.9. The van der Waals surface area contributed by atoms with E-state index in [1.54, 1.807) is 0 Å². The van der Waals surface area contributed by atoms with E-state index in [0.717, 1.165) is 0 Å². The number of alkyl halides is 2. The molecule has 0 aliphatic heterocycles. The van der Waals surface area contributed by atoms with E-state index in [4.69, 9.17) is 16.9 Å². The first-order valence-electron chi connectivity index (χ1n) is 3.85. The zero-order chi connectivity index (χ0) is 10.6. The molecule has 0 radical (unpaired) electrons. The molecule has 0 bridgehead atoms. The van der Waals surface area contributed by atoms with Gasteiger partial charge in [-0.1, -0.05) is 11.6 Å². The quantitative estimate of drug-likeness (QED) is 0.843. The highest BCUT2D eigenvalue weighted by Crippen LogP contribution is 2.20. The molecule has 5 heteroatoms. The summed E-state index contributed by atoms with van der Waals surface area (Å²) >= 11 is 5.65. The molecule has 1 rings (SSSR count). The van der Waals surface area contributed by atoms with Crippen LogP contribution in [-0.2, 0) is 0 Å². The summed E-state index contributed by atoms with van der Waals surface area (Å²) in [6.07, 6.45) is -2.46. The van der Waals surface area contributed by atoms with Crippen molar-refractivity contribution in [2.75, 3.05) is 11.9 Å². The van der Waals surface area contributed by atoms with Gasteiger partial charge in [0, 0.05) is 5.02 Å². The molecule has 0 heterocycles. The van der Waals surface area contributed by atoms with Crippen LogP contribution in [0.1, 0.15) is 5.56 Å². The first kappa shape index (κ1) is 10.7. The predicted molar refractivity (Wildman–Crippen MR) is 50.7 cm³/mol. The standard InChI is InChI=1S/C9H7ClF2N2/c10-7-2-1-6(4-13)8(3-7)14-5-9(11)12/h1-3,9,14H,5H2. The third-order valence-corrected chi connectivity index (χ3v) is 1.78. The van der Waals surface area contributed by atoms with Crippen molar-refractivity contribution in [2.24, 2.45) is 0 Å². The van der Waals surface area contributed by atoms with E-state index in [2.05, 4.69) is 5.32 Å². The van der Waals surface area contributed by atoms with Gasteiger partial charge in [0.1, 0.15) is 6.07 Å². The van der Waals surface area contributed by atoms with Crippen LogP contribution in [0.15, 0.2) is 18.2 Å². The molecule has 0 aliphatic rings. The number of hydrogen-bond acceptors (Lipinski definition) is 2. The number of nitriles is 1. The van der Waals surface area contributed by atoms with E-state index in [9.17, 15) is 8.78 Å². The van der Waals surface area contributed by atoms with Crippen molar-refractivity contribution < 1.29 is 8.78 Å². The Morgan fingerprint density at radius 1 is 1.50 bits per heavy atom. The van der Waals surface area contributed by atoms with E-state index in [-0.39, 0.29) is 0 Å². The maximum absolute atomic E-state index is 11.9. The molecule has 0 aliphatic carbocycles. The molecule has 0 fully saturated rings. The van der Waals surface area contributed by atoms with E-state index < -0.39 is 13.0 Å². The molecule has 0 atom stereocenters. The lowest BCUT2D eigenvalue weighted by molar-refractivity contribution is 0.163. The molecule has 14 heavy (non-hydrogen) atoms. The zero-order valence-electron chi connectivity index (χ0n) is 7.10. The second-order valence-corrected chi connectivity index (χ2v) is 3.01. The highest BCUT2D eigenvalue weighted by atomic mass is 35.5. The van der Waals surface area contributed by atoms with Gasteiger partial charge in [-0.3, -0.25) is 0 Å². The number of anilines is 1. The van der Waals surface area contributed by atoms with Gasteiger partial charge >= 0.3 is 0 Å². The number of benzene rings is 1. The lowest BCUT2D eigenvalue weighted by Crippen LogP contribution is -2.11. The number of rotatable bonds is 3. The Kier molecular flexibility index (Phi) is 3.66. The molecule has 0 aromatic heterocycles. The molecule has 2 nitrogen and oxygen atoms in total. The average molecular weight is 217 g/mol. The van der Waals surface area contributed by atoms with Gasteiger partial charge in [-0.05, 0) is 18.2 Å². The molecule has 0 amide bonds. The zero-order valence-corrected chi connectivity index (χ0v) is 7.85. The molecule has 0 spiro atoms. The summed E-state index contributed by atoms with van der Waals surface area (Å²) in [5, 5.41) is 11.5. The summed E-state index contributed by atoms with van der Waals surface area (Å²) in [5.41, 5.74) is 0.635. The first-order valence-corrected chi connectivity index (χ1v) is 4.23. The summed E-state index contributed by atoms with van der Waals surface area (Å²) < 4.78 is 23.8. The molecule has 1 N–H and O–H groups in total. The highest BCUT2D eigenvalue weighted by molar-refractivity contribution is 6.30. The van der Waals surface area contributed by atoms with Crippen LogP contribution in [-0.4, -0.2) is 13.0 Å². The maximum Gasteiger partial charge on any atom is 0.255 e. The Bertz CT molecular complexity index is 360. The minimum atomic E-state index is -2.46. The number of halogens is 3. The molecular weight excluding hydrogens is 210 g/mol. The van der Waals surface area contributed by atoms with Crippen molar-refractivity contribution in [3.05, 3.63) is 28.8 Å². The SMILES string of the molecule is N#Cc1ccc(Cl)cc1NCC(F)F. The van der Waals surface area contributed by atoms with Crippen molar-refractivity contribution >= 4 is 17.3 Å². The van der Waals surface area contributed by atoms with Gasteiger partial charge in [0.25, 0.3) is 6.43 Å². The van der Waals surface area contributed by atoms with Crippen molar-refractivity contribution in [3.63, 3.8) is 0 Å². The van der Waals surface area contributed by atoms with Crippen LogP contribution in [0.5, 0.6) is 0 Å². The van der Waals surface area contributed by atoms with Crippen molar-refractivity contribution in [1.29, 1.82) is 5.26 Å². The second kappa shape index (κ2) is 4.77. The third kappa shape index (κ3) is 2.86. The van der Waals surface area contributed by atoms with Crippen LogP contribution in [0.25, 0.3) is 0 Å². The molecular formula is C9H7ClF2N2. The normalized spacial score (nSPS) is 9.93. The van der Waals surface area contributed by atoms with E-state index in [0.29, 0.717) is 16.3 Å². The molecule has 0 unspecified atom stereocenters. The number of nitrogens with zero attached hydrogens (tertiary/aromatic N) is 1. The Hall–Kier alpha value is -1.34. The number of hydrogen-bond donors (Lipinski definition) is 1. The van der Waals surface area contributed by atoms with Crippen LogP contribution >= 0.6 is 11.6 Å². The summed E-state index contributed by atoms with van der Waals surface area (Å²) in [6.45, 7) is -0.491. The Morgan fingerprint density at radius 3 is 2.79 bits per heavy atom. The summed E-state index contributed by atoms with van der Waals surface area (Å²) in [7, 11) is 0. The second-order valence-electron chi connectivity index (χ2n) is 2.57. The summed E-state index contributed by atoms with van der Waals surface area (Å²) in [5.74, 6) is 0. The monoisotopic (exact) mass is 216 g/mol. The lowest BCUT2D eigenvalue weighted by atomic mass is 10.2. The van der Waals surface area contributed by atoms with E-state index in [1.165, 1.54) is 18.2 Å². The van der Waals surface area contributed by atoms with E-state index in [1.807, 2.05) is 6.07 Å². The first-order chi connectivity index (χ1) is 6.63. The molecule has 0 saturated carbocycles. The van der Waals surface area contributed by atoms with Crippen LogP contribution < -0.4 is 5.32 Å². The molecule has 74 valence electrons. The van der Waals surface area contributed by atoms with Gasteiger partial charge < -0.3 is 5.32 Å². The van der Waals surface area contributed by atoms with E-state index >= 15 is 0 Å². The lowest BCUT2D eigenvalue weighted by Gasteiger charge is -2.07. The minimum absolute atomic E-state index is 0.301. The van der Waals surface area contributed by atoms with Crippen molar-refractivity contribution in [3.8, 4) is 6.07 Å². The summed E-state index contributed by atoms with van der Waals surface area (Å²) in [4.78, 5) is 0. The highest BCUT2D eigenvalue weighted by Gasteiger charge is 2.05. The molecule has 0 saturated heterocycles. The summed E-state index contributed by atoms with van der Waals surface area (Å²) in [6, 6.07) is 6.35. The van der Waals surface area contributed by atoms with Crippen molar-refractivity contribution in [1.82, 2.24) is 0 Å². The number of nitrogens with one attached hydrogen (secondary N) is 1. The molecule has 1 aromatic carbocycles. The Balaban J connectivity index is 2.84. The van der Waals surface area contributed by atoms with Gasteiger partial charge in [0.05, 0.1) is 17.8 Å². The van der Waals surface area contributed by atoms with Gasteiger partial charge in [-0.25, -0.2) is 8.78 Å². The molecule has 1 aromatic rings. The van der Waals surface area contributed by atoms with Gasteiger partial charge in [-0.2, -0.15) is 5.26 Å². The fourth-order valence-electron chi connectivity index (χ4n) is 0.947. The topological polar surface area (TPSA) is 35.8 Å². The van der Waals surface area contributed by atoms with Crippen LogP contribution in [0.2, 0.25) is 5.02 Å². The largest absolute Gasteiger partial charge is 0.378 e. The predicted octanol–water partition coefficient (Wildman–Crippen LogP) is 2.89. The Morgan fingerprint density at radius 2 is 2.21 bits per heavy atom. The smallest absolute Gasteiger partial charge is 0.255 e. The van der Waals surface area contributed by atoms with Gasteiger partial charge in [0.15, 0.2) is 0 Å². The van der Waals surface area contributed by atoms with Crippen LogP contribution in [0.4, 0.5) is 14.5 Å². The minimum Gasteiger partial charge on any atom is -0.378 e. The van der Waals surface area contributed by atoms with Gasteiger partial charge in [-0.15, -0.1) is 0 Å². The van der Waals surface area contributed by atoms with Crippen molar-refractivity contribution in [2.45, 2.75) is 6.43 Å². The van der Waals surface area contributed by atoms with Crippen LogP contribution in [0, 0.1) is 11.3 Å². The van der Waals surface area contributed by atoms with Crippen LogP contribution in [0.3, 0.4) is 0 Å². The average Bonchev–Trinajstić information content (AvgIpc) is 2.15.